The van der Waals surface area contributed by atoms with E-state index in [4.69, 9.17) is 0 Å². The van der Waals surface area contributed by atoms with Crippen LogP contribution in [0.15, 0.2) is 34.1 Å². The van der Waals surface area contributed by atoms with Crippen molar-refractivity contribution in [1.29, 1.82) is 0 Å². The molecule has 0 saturated heterocycles. The normalized spacial score (nSPS) is 11.3. The Kier molecular flexibility index (Phi) is 7.82. The minimum atomic E-state index is -3.26. The molecule has 1 aromatic carbocycles. The van der Waals surface area contributed by atoms with E-state index in [9.17, 15) is 13.2 Å². The van der Waals surface area contributed by atoms with Crippen LogP contribution in [0.1, 0.15) is 32.6 Å². The van der Waals surface area contributed by atoms with E-state index in [0.717, 1.165) is 12.8 Å². The minimum Gasteiger partial charge on any atom is -0.355 e. The van der Waals surface area contributed by atoms with Crippen LogP contribution >= 0.6 is 11.8 Å². The van der Waals surface area contributed by atoms with Gasteiger partial charge in [0.05, 0.1) is 10.6 Å². The lowest BCUT2D eigenvalue weighted by atomic mass is 10.2. The molecule has 0 saturated carbocycles. The summed E-state index contributed by atoms with van der Waals surface area (Å²) in [7, 11) is -3.26. The summed E-state index contributed by atoms with van der Waals surface area (Å²) in [5.74, 6) is 0.181. The zero-order chi connectivity index (χ0) is 15.7. The van der Waals surface area contributed by atoms with Crippen molar-refractivity contribution in [3.05, 3.63) is 24.3 Å². The second kappa shape index (κ2) is 9.10. The van der Waals surface area contributed by atoms with Gasteiger partial charge in [0.1, 0.15) is 0 Å². The highest BCUT2D eigenvalue weighted by Gasteiger charge is 2.13. The van der Waals surface area contributed by atoms with E-state index in [1.165, 1.54) is 30.9 Å². The van der Waals surface area contributed by atoms with Gasteiger partial charge in [-0.05, 0) is 18.6 Å². The quantitative estimate of drug-likeness (QED) is 0.559. The molecule has 118 valence electrons. The Morgan fingerprint density at radius 2 is 1.90 bits per heavy atom. The van der Waals surface area contributed by atoms with Gasteiger partial charge in [-0.2, -0.15) is 0 Å². The van der Waals surface area contributed by atoms with Crippen LogP contribution < -0.4 is 5.32 Å². The molecule has 6 heteroatoms. The van der Waals surface area contributed by atoms with Crippen LogP contribution in [-0.4, -0.2) is 32.9 Å². The molecule has 4 nitrogen and oxygen atoms in total. The van der Waals surface area contributed by atoms with Crippen molar-refractivity contribution in [2.45, 2.75) is 42.4 Å². The second-order valence-corrected chi connectivity index (χ2v) is 7.92. The molecule has 0 unspecified atom stereocenters. The summed E-state index contributed by atoms with van der Waals surface area (Å²) < 4.78 is 23.3. The van der Waals surface area contributed by atoms with Gasteiger partial charge >= 0.3 is 0 Å². The first-order chi connectivity index (χ1) is 9.95. The van der Waals surface area contributed by atoms with Crippen molar-refractivity contribution >= 4 is 27.5 Å². The average molecular weight is 329 g/mol. The monoisotopic (exact) mass is 329 g/mol. The number of benzene rings is 1. The molecule has 1 N–H and O–H groups in total. The van der Waals surface area contributed by atoms with Crippen LogP contribution in [0.2, 0.25) is 0 Å². The largest absolute Gasteiger partial charge is 0.355 e. The molecule has 0 aliphatic carbocycles. The van der Waals surface area contributed by atoms with Crippen molar-refractivity contribution in [2.75, 3.05) is 18.6 Å². The van der Waals surface area contributed by atoms with Gasteiger partial charge in [-0.3, -0.25) is 4.79 Å². The van der Waals surface area contributed by atoms with Crippen molar-refractivity contribution in [3.63, 3.8) is 0 Å². The lowest BCUT2D eigenvalue weighted by molar-refractivity contribution is -0.118. The third kappa shape index (κ3) is 7.00. The van der Waals surface area contributed by atoms with Gasteiger partial charge in [-0.1, -0.05) is 38.3 Å². The molecule has 0 fully saturated rings. The van der Waals surface area contributed by atoms with Crippen molar-refractivity contribution in [1.82, 2.24) is 5.32 Å². The van der Waals surface area contributed by atoms with E-state index in [2.05, 4.69) is 12.2 Å². The minimum absolute atomic E-state index is 0.0557. The zero-order valence-corrected chi connectivity index (χ0v) is 14.2. The Labute approximate surface area is 131 Å². The van der Waals surface area contributed by atoms with Gasteiger partial charge in [0.2, 0.25) is 5.91 Å². The summed E-state index contributed by atoms with van der Waals surface area (Å²) in [4.78, 5) is 12.6. The smallest absolute Gasteiger partial charge is 0.230 e. The van der Waals surface area contributed by atoms with Crippen molar-refractivity contribution in [2.24, 2.45) is 0 Å². The third-order valence-corrected chi connectivity index (χ3v) is 5.32. The summed E-state index contributed by atoms with van der Waals surface area (Å²) in [5.41, 5.74) is 0. The zero-order valence-electron chi connectivity index (χ0n) is 12.6. The fourth-order valence-corrected chi connectivity index (χ4v) is 4.01. The Hall–Kier alpha value is -1.01. The number of amides is 1. The number of unbranched alkanes of at least 4 members (excludes halogenated alkanes) is 3. The summed E-state index contributed by atoms with van der Waals surface area (Å²) in [6, 6.07) is 6.77. The number of rotatable bonds is 9. The van der Waals surface area contributed by atoms with E-state index in [1.807, 2.05) is 0 Å². The Bertz CT molecular complexity index is 556. The lowest BCUT2D eigenvalue weighted by Crippen LogP contribution is -2.26. The van der Waals surface area contributed by atoms with Gasteiger partial charge in [-0.15, -0.1) is 11.8 Å². The van der Waals surface area contributed by atoms with E-state index in [0.29, 0.717) is 11.4 Å². The highest BCUT2D eigenvalue weighted by Crippen LogP contribution is 2.26. The Morgan fingerprint density at radius 3 is 2.57 bits per heavy atom. The summed E-state index contributed by atoms with van der Waals surface area (Å²) >= 11 is 1.26. The second-order valence-electron chi connectivity index (χ2n) is 4.92. The molecule has 21 heavy (non-hydrogen) atoms. The summed E-state index contributed by atoms with van der Waals surface area (Å²) in [5, 5.41) is 2.86. The molecule has 1 amide bonds. The van der Waals surface area contributed by atoms with E-state index < -0.39 is 9.84 Å². The number of thioether (sulfide) groups is 1. The number of hydrogen-bond acceptors (Lipinski definition) is 4. The van der Waals surface area contributed by atoms with Gasteiger partial charge < -0.3 is 5.32 Å². The third-order valence-electron chi connectivity index (χ3n) is 2.96. The number of hydrogen-bond donors (Lipinski definition) is 1. The van der Waals surface area contributed by atoms with Crippen LogP contribution in [0.4, 0.5) is 0 Å². The van der Waals surface area contributed by atoms with Gasteiger partial charge in [0, 0.05) is 17.7 Å². The summed E-state index contributed by atoms with van der Waals surface area (Å²) in [6.45, 7) is 2.83. The Balaban J connectivity index is 2.44. The topological polar surface area (TPSA) is 63.2 Å². The molecule has 1 rings (SSSR count). The van der Waals surface area contributed by atoms with Gasteiger partial charge in [-0.25, -0.2) is 8.42 Å². The Morgan fingerprint density at radius 1 is 1.19 bits per heavy atom. The number of carbonyl (C=O) groups is 1. The van der Waals surface area contributed by atoms with E-state index in [1.54, 1.807) is 24.3 Å². The first-order valence-corrected chi connectivity index (χ1v) is 10.0. The highest BCUT2D eigenvalue weighted by molar-refractivity contribution is 8.00. The fourth-order valence-electron chi connectivity index (χ4n) is 1.85. The average Bonchev–Trinajstić information content (AvgIpc) is 2.44. The maximum atomic E-state index is 11.7. The maximum Gasteiger partial charge on any atom is 0.230 e. The van der Waals surface area contributed by atoms with Gasteiger partial charge in [0.25, 0.3) is 0 Å². The SMILES string of the molecule is CCCCCCNC(=O)CSc1ccccc1S(C)(=O)=O. The molecule has 0 aromatic heterocycles. The van der Waals surface area contributed by atoms with Crippen molar-refractivity contribution in [3.8, 4) is 0 Å². The molecular weight excluding hydrogens is 306 g/mol. The molecule has 0 spiro atoms. The predicted molar refractivity (Wildman–Crippen MR) is 87.4 cm³/mol. The molecular formula is C15H23NO3S2. The first-order valence-electron chi connectivity index (χ1n) is 7.13. The lowest BCUT2D eigenvalue weighted by Gasteiger charge is -2.08. The van der Waals surface area contributed by atoms with E-state index in [-0.39, 0.29) is 16.6 Å². The maximum absolute atomic E-state index is 11.7. The van der Waals surface area contributed by atoms with Crippen LogP contribution in [0.5, 0.6) is 0 Å². The first kappa shape index (κ1) is 18.0. The highest BCUT2D eigenvalue weighted by atomic mass is 32.2. The molecule has 0 radical (unpaired) electrons. The summed E-state index contributed by atoms with van der Waals surface area (Å²) in [6.07, 6.45) is 5.66. The number of nitrogens with one attached hydrogen (secondary N) is 1. The van der Waals surface area contributed by atoms with Crippen LogP contribution in [0.25, 0.3) is 0 Å². The molecule has 1 aromatic rings. The van der Waals surface area contributed by atoms with Crippen LogP contribution in [-0.2, 0) is 14.6 Å². The molecule has 0 aliphatic rings. The van der Waals surface area contributed by atoms with Crippen LogP contribution in [0, 0.1) is 0 Å². The molecule has 0 bridgehead atoms. The van der Waals surface area contributed by atoms with E-state index >= 15 is 0 Å². The van der Waals surface area contributed by atoms with Crippen LogP contribution in [0.3, 0.4) is 0 Å². The number of sulfone groups is 1. The number of carbonyl (C=O) groups excluding carboxylic acids is 1. The fraction of sp³-hybridized carbons (Fsp3) is 0.533. The molecule has 0 aliphatic heterocycles. The molecule has 0 atom stereocenters. The van der Waals surface area contributed by atoms with Gasteiger partial charge in [0.15, 0.2) is 9.84 Å². The molecule has 0 heterocycles. The standard InChI is InChI=1S/C15H23NO3S2/c1-3-4-5-8-11-16-15(17)12-20-13-9-6-7-10-14(13)21(2,18)19/h6-7,9-10H,3-5,8,11-12H2,1-2H3,(H,16,17). The van der Waals surface area contributed by atoms with Crippen molar-refractivity contribution < 1.29 is 13.2 Å². The predicted octanol–water partition coefficient (Wildman–Crippen LogP) is 2.88.